The van der Waals surface area contributed by atoms with Gasteiger partial charge in [-0.25, -0.2) is 0 Å². The van der Waals surface area contributed by atoms with Crippen LogP contribution >= 0.6 is 0 Å². The van der Waals surface area contributed by atoms with Crippen molar-refractivity contribution in [3.8, 4) is 17.3 Å². The van der Waals surface area contributed by atoms with E-state index >= 15 is 0 Å². The molecular formula is C26H34N2. The molecule has 1 aromatic carbocycles. The molecule has 0 saturated heterocycles. The lowest BCUT2D eigenvalue weighted by atomic mass is 9.77. The number of hydrogen-bond acceptors (Lipinski definition) is 2. The minimum atomic E-state index is 0.608. The fourth-order valence-electron chi connectivity index (χ4n) is 4.63. The van der Waals surface area contributed by atoms with Crippen LogP contribution in [-0.2, 0) is 6.42 Å². The molecule has 1 aliphatic carbocycles. The van der Waals surface area contributed by atoms with E-state index in [9.17, 15) is 0 Å². The van der Waals surface area contributed by atoms with Gasteiger partial charge in [0.2, 0.25) is 0 Å². The zero-order valence-corrected chi connectivity index (χ0v) is 17.4. The standard InChI is InChI=1S/C26H34N2/c1-2-3-4-5-7-22-8-6-9-23(18-22)11-10-21-12-15-25(16-13-21)26-17-14-24(19-27)20-28-26/h12-17,20,22-23H,2-11,18H2,1H3. The Morgan fingerprint density at radius 3 is 2.43 bits per heavy atom. The van der Waals surface area contributed by atoms with E-state index in [4.69, 9.17) is 5.26 Å². The first kappa shape index (κ1) is 20.6. The largest absolute Gasteiger partial charge is 0.255 e. The summed E-state index contributed by atoms with van der Waals surface area (Å²) in [7, 11) is 0. The van der Waals surface area contributed by atoms with E-state index in [1.165, 1.54) is 76.2 Å². The molecule has 1 heterocycles. The Hall–Kier alpha value is -2.14. The third-order valence-corrected chi connectivity index (χ3v) is 6.34. The van der Waals surface area contributed by atoms with Crippen molar-refractivity contribution in [1.82, 2.24) is 4.98 Å². The summed E-state index contributed by atoms with van der Waals surface area (Å²) in [6.07, 6.45) is 17.0. The van der Waals surface area contributed by atoms with Gasteiger partial charge in [-0.2, -0.15) is 5.26 Å². The van der Waals surface area contributed by atoms with E-state index in [0.29, 0.717) is 5.56 Å². The molecule has 1 aromatic heterocycles. The predicted octanol–water partition coefficient (Wildman–Crippen LogP) is 7.33. The van der Waals surface area contributed by atoms with Crippen molar-refractivity contribution in [1.29, 1.82) is 5.26 Å². The van der Waals surface area contributed by atoms with Crippen LogP contribution in [0.2, 0.25) is 0 Å². The molecular weight excluding hydrogens is 340 g/mol. The Bertz CT molecular complexity index is 739. The second-order valence-electron chi connectivity index (χ2n) is 8.53. The lowest BCUT2D eigenvalue weighted by molar-refractivity contribution is 0.239. The number of benzene rings is 1. The number of hydrogen-bond donors (Lipinski definition) is 0. The fourth-order valence-corrected chi connectivity index (χ4v) is 4.63. The Kier molecular flexibility index (Phi) is 8.09. The van der Waals surface area contributed by atoms with E-state index in [0.717, 1.165) is 23.1 Å². The van der Waals surface area contributed by atoms with Crippen molar-refractivity contribution >= 4 is 0 Å². The van der Waals surface area contributed by atoms with E-state index in [-0.39, 0.29) is 0 Å². The molecule has 2 atom stereocenters. The molecule has 2 nitrogen and oxygen atoms in total. The molecule has 148 valence electrons. The minimum absolute atomic E-state index is 0.608. The molecule has 28 heavy (non-hydrogen) atoms. The van der Waals surface area contributed by atoms with E-state index in [1.807, 2.05) is 12.1 Å². The van der Waals surface area contributed by atoms with Gasteiger partial charge >= 0.3 is 0 Å². The van der Waals surface area contributed by atoms with Crippen LogP contribution in [-0.4, -0.2) is 4.98 Å². The van der Waals surface area contributed by atoms with E-state index in [2.05, 4.69) is 42.2 Å². The Morgan fingerprint density at radius 1 is 0.964 bits per heavy atom. The first-order valence-electron chi connectivity index (χ1n) is 11.2. The number of aryl methyl sites for hydroxylation is 1. The lowest BCUT2D eigenvalue weighted by Crippen LogP contribution is -2.16. The predicted molar refractivity (Wildman–Crippen MR) is 117 cm³/mol. The van der Waals surface area contributed by atoms with Crippen molar-refractivity contribution in [2.45, 2.75) is 77.6 Å². The highest BCUT2D eigenvalue weighted by molar-refractivity contribution is 5.59. The normalized spacial score (nSPS) is 19.3. The summed E-state index contributed by atoms with van der Waals surface area (Å²) >= 11 is 0. The topological polar surface area (TPSA) is 36.7 Å². The van der Waals surface area contributed by atoms with Crippen LogP contribution in [0.5, 0.6) is 0 Å². The maximum absolute atomic E-state index is 8.89. The van der Waals surface area contributed by atoms with Crippen LogP contribution in [0.3, 0.4) is 0 Å². The van der Waals surface area contributed by atoms with Crippen molar-refractivity contribution in [3.63, 3.8) is 0 Å². The SMILES string of the molecule is CCCCCCC1CCCC(CCc2ccc(-c3ccc(C#N)cn3)cc2)C1. The van der Waals surface area contributed by atoms with Crippen molar-refractivity contribution in [2.75, 3.05) is 0 Å². The number of pyridine rings is 1. The Labute approximate surface area is 171 Å². The number of unbranched alkanes of at least 4 members (excludes halogenated alkanes) is 3. The maximum Gasteiger partial charge on any atom is 0.101 e. The zero-order chi connectivity index (χ0) is 19.6. The summed E-state index contributed by atoms with van der Waals surface area (Å²) in [4.78, 5) is 4.39. The molecule has 0 radical (unpaired) electrons. The highest BCUT2D eigenvalue weighted by atomic mass is 14.7. The highest BCUT2D eigenvalue weighted by Crippen LogP contribution is 2.35. The average Bonchev–Trinajstić information content (AvgIpc) is 2.76. The van der Waals surface area contributed by atoms with Crippen LogP contribution in [0.1, 0.15) is 82.3 Å². The van der Waals surface area contributed by atoms with Crippen LogP contribution in [0, 0.1) is 23.2 Å². The second-order valence-corrected chi connectivity index (χ2v) is 8.53. The fraction of sp³-hybridized carbons (Fsp3) is 0.538. The number of nitrogens with zero attached hydrogens (tertiary/aromatic N) is 2. The third-order valence-electron chi connectivity index (χ3n) is 6.34. The number of nitriles is 1. The van der Waals surface area contributed by atoms with E-state index in [1.54, 1.807) is 6.20 Å². The summed E-state index contributed by atoms with van der Waals surface area (Å²) in [5.41, 5.74) is 4.10. The Balaban J connectivity index is 1.46. The van der Waals surface area contributed by atoms with Crippen LogP contribution in [0.25, 0.3) is 11.3 Å². The summed E-state index contributed by atoms with van der Waals surface area (Å²) in [6, 6.07) is 14.7. The molecule has 1 saturated carbocycles. The molecule has 2 aromatic rings. The lowest BCUT2D eigenvalue weighted by Gasteiger charge is -2.29. The van der Waals surface area contributed by atoms with Gasteiger partial charge < -0.3 is 0 Å². The van der Waals surface area contributed by atoms with Gasteiger partial charge in [0.05, 0.1) is 11.3 Å². The quantitative estimate of drug-likeness (QED) is 0.431. The number of rotatable bonds is 9. The first-order chi connectivity index (χ1) is 13.8. The third kappa shape index (κ3) is 6.20. The van der Waals surface area contributed by atoms with Gasteiger partial charge in [-0.15, -0.1) is 0 Å². The van der Waals surface area contributed by atoms with Crippen LogP contribution in [0.15, 0.2) is 42.6 Å². The minimum Gasteiger partial charge on any atom is -0.255 e. The van der Waals surface area contributed by atoms with Gasteiger partial charge in [-0.1, -0.05) is 82.6 Å². The van der Waals surface area contributed by atoms with Crippen LogP contribution in [0.4, 0.5) is 0 Å². The molecule has 0 N–H and O–H groups in total. The van der Waals surface area contributed by atoms with Gasteiger partial charge in [-0.05, 0) is 48.8 Å². The average molecular weight is 375 g/mol. The molecule has 0 spiro atoms. The zero-order valence-electron chi connectivity index (χ0n) is 17.4. The molecule has 1 fully saturated rings. The monoisotopic (exact) mass is 374 g/mol. The molecule has 2 heteroatoms. The van der Waals surface area contributed by atoms with Gasteiger partial charge in [0, 0.05) is 11.8 Å². The smallest absolute Gasteiger partial charge is 0.101 e. The summed E-state index contributed by atoms with van der Waals surface area (Å²) < 4.78 is 0. The highest BCUT2D eigenvalue weighted by Gasteiger charge is 2.21. The summed E-state index contributed by atoms with van der Waals surface area (Å²) in [6.45, 7) is 2.30. The summed E-state index contributed by atoms with van der Waals surface area (Å²) in [5, 5.41) is 8.89. The first-order valence-corrected chi connectivity index (χ1v) is 11.2. The van der Waals surface area contributed by atoms with Crippen molar-refractivity contribution in [2.24, 2.45) is 11.8 Å². The van der Waals surface area contributed by atoms with Crippen LogP contribution < -0.4 is 0 Å². The molecule has 0 aliphatic heterocycles. The number of aromatic nitrogens is 1. The second kappa shape index (κ2) is 11.0. The van der Waals surface area contributed by atoms with Gasteiger partial charge in [0.1, 0.15) is 6.07 Å². The van der Waals surface area contributed by atoms with Gasteiger partial charge in [0.15, 0.2) is 0 Å². The van der Waals surface area contributed by atoms with Gasteiger partial charge in [-0.3, -0.25) is 4.98 Å². The molecule has 0 bridgehead atoms. The molecule has 3 rings (SSSR count). The maximum atomic E-state index is 8.89. The molecule has 2 unspecified atom stereocenters. The van der Waals surface area contributed by atoms with Gasteiger partial charge in [0.25, 0.3) is 0 Å². The molecule has 1 aliphatic rings. The Morgan fingerprint density at radius 2 is 1.75 bits per heavy atom. The molecule has 0 amide bonds. The van der Waals surface area contributed by atoms with Crippen molar-refractivity contribution in [3.05, 3.63) is 53.7 Å². The van der Waals surface area contributed by atoms with E-state index < -0.39 is 0 Å². The van der Waals surface area contributed by atoms with Crippen molar-refractivity contribution < 1.29 is 0 Å². The summed E-state index contributed by atoms with van der Waals surface area (Å²) in [5.74, 6) is 1.91.